The number of benzene rings is 2. The van der Waals surface area contributed by atoms with Gasteiger partial charge in [0.25, 0.3) is 0 Å². The molecule has 48 heavy (non-hydrogen) atoms. The number of aryl methyl sites for hydroxylation is 1. The molecule has 0 unspecified atom stereocenters. The third-order valence-corrected chi connectivity index (χ3v) is 10.3. The number of nitrogens with zero attached hydrogens (tertiary/aromatic N) is 3. The summed E-state index contributed by atoms with van der Waals surface area (Å²) in [4.78, 5) is 28.8. The Kier molecular flexibility index (Phi) is 10.3. The highest BCUT2D eigenvalue weighted by molar-refractivity contribution is 7.20. The van der Waals surface area contributed by atoms with Gasteiger partial charge in [0.15, 0.2) is 0 Å². The molecule has 1 fully saturated rings. The summed E-state index contributed by atoms with van der Waals surface area (Å²) in [5.41, 5.74) is -4.49. The van der Waals surface area contributed by atoms with Crippen LogP contribution in [0.3, 0.4) is 0 Å². The molecule has 1 N–H and O–H groups in total. The molecule has 6 nitrogen and oxygen atoms in total. The van der Waals surface area contributed by atoms with Crippen LogP contribution in [0.5, 0.6) is 0 Å². The number of alkyl halides is 6. The number of nitriles is 1. The van der Waals surface area contributed by atoms with E-state index in [4.69, 9.17) is 0 Å². The number of hydrogen-bond acceptors (Lipinski definition) is 5. The van der Waals surface area contributed by atoms with Gasteiger partial charge in [0, 0.05) is 26.6 Å². The minimum absolute atomic E-state index is 0.00685. The molecule has 0 saturated heterocycles. The summed E-state index contributed by atoms with van der Waals surface area (Å²) in [6.45, 7) is 4.06. The standard InChI is InChI=1S/C34H34F7N3O3S/c1-18-12-23(35)8-11-25(18)29-28(26(17-42)30(48-29)43(4)24-9-6-19(7-10-24)13-27(45)46)44(5)31(47)32(2,3)20-14-21(33(36,37)38)16-22(15-20)34(39,40)41/h8,11-12,14-16,19,24H,6-7,9-10,13H2,1-5H3,(H,45,46). The van der Waals surface area contributed by atoms with E-state index >= 15 is 0 Å². The molecule has 1 aliphatic carbocycles. The van der Waals surface area contributed by atoms with Crippen molar-refractivity contribution in [1.82, 2.24) is 0 Å². The molecule has 0 atom stereocenters. The number of rotatable bonds is 8. The molecular formula is C34H34F7N3O3S. The van der Waals surface area contributed by atoms with Crippen molar-refractivity contribution in [3.8, 4) is 16.5 Å². The zero-order valence-electron chi connectivity index (χ0n) is 26.8. The fourth-order valence-corrected chi connectivity index (χ4v) is 7.66. The predicted molar refractivity (Wildman–Crippen MR) is 168 cm³/mol. The van der Waals surface area contributed by atoms with Crippen LogP contribution in [-0.2, 0) is 27.4 Å². The first-order valence-electron chi connectivity index (χ1n) is 15.0. The summed E-state index contributed by atoms with van der Waals surface area (Å²) in [6, 6.07) is 7.05. The largest absolute Gasteiger partial charge is 0.481 e. The van der Waals surface area contributed by atoms with Crippen LogP contribution in [0.15, 0.2) is 36.4 Å². The minimum Gasteiger partial charge on any atom is -0.481 e. The summed E-state index contributed by atoms with van der Waals surface area (Å²) in [5.74, 6) is -2.27. The lowest BCUT2D eigenvalue weighted by molar-refractivity contribution is -0.143. The Labute approximate surface area is 277 Å². The Morgan fingerprint density at radius 1 is 0.938 bits per heavy atom. The van der Waals surface area contributed by atoms with E-state index in [2.05, 4.69) is 6.07 Å². The van der Waals surface area contributed by atoms with Crippen molar-refractivity contribution in [2.45, 2.75) is 76.7 Å². The van der Waals surface area contributed by atoms with Crippen molar-refractivity contribution < 1.29 is 45.4 Å². The van der Waals surface area contributed by atoms with Gasteiger partial charge in [-0.2, -0.15) is 31.6 Å². The van der Waals surface area contributed by atoms with Crippen molar-refractivity contribution in [2.24, 2.45) is 5.92 Å². The van der Waals surface area contributed by atoms with Gasteiger partial charge in [-0.05, 0) is 99.4 Å². The first-order valence-corrected chi connectivity index (χ1v) is 15.8. The van der Waals surface area contributed by atoms with Crippen molar-refractivity contribution in [3.05, 3.63) is 70.0 Å². The van der Waals surface area contributed by atoms with Gasteiger partial charge in [0.1, 0.15) is 22.5 Å². The summed E-state index contributed by atoms with van der Waals surface area (Å²) < 4.78 is 96.4. The Bertz CT molecular complexity index is 1720. The van der Waals surface area contributed by atoms with Crippen molar-refractivity contribution in [2.75, 3.05) is 23.9 Å². The Morgan fingerprint density at radius 3 is 1.96 bits per heavy atom. The van der Waals surface area contributed by atoms with Gasteiger partial charge in [0.05, 0.1) is 27.1 Å². The van der Waals surface area contributed by atoms with Crippen LogP contribution in [0.2, 0.25) is 0 Å². The maximum Gasteiger partial charge on any atom is 0.416 e. The number of amides is 1. The van der Waals surface area contributed by atoms with Gasteiger partial charge in [-0.15, -0.1) is 11.3 Å². The number of aliphatic carboxylic acids is 1. The van der Waals surface area contributed by atoms with Crippen LogP contribution in [-0.4, -0.2) is 37.1 Å². The molecule has 1 amide bonds. The van der Waals surface area contributed by atoms with Crippen LogP contribution in [0.1, 0.15) is 73.8 Å². The normalized spacial score (nSPS) is 17.1. The third-order valence-electron chi connectivity index (χ3n) is 9.04. The average Bonchev–Trinajstić information content (AvgIpc) is 3.38. The molecule has 1 heterocycles. The van der Waals surface area contributed by atoms with Gasteiger partial charge >= 0.3 is 18.3 Å². The number of carbonyl (C=O) groups excluding carboxylic acids is 1. The molecule has 1 aliphatic rings. The maximum absolute atomic E-state index is 14.2. The lowest BCUT2D eigenvalue weighted by Gasteiger charge is -2.35. The number of carbonyl (C=O) groups is 2. The second kappa shape index (κ2) is 13.4. The number of halogens is 7. The predicted octanol–water partition coefficient (Wildman–Crippen LogP) is 9.18. The first kappa shape index (κ1) is 36.7. The molecule has 0 spiro atoms. The first-order chi connectivity index (χ1) is 22.2. The molecule has 0 radical (unpaired) electrons. The van der Waals surface area contributed by atoms with Crippen LogP contribution < -0.4 is 9.80 Å². The van der Waals surface area contributed by atoms with E-state index in [9.17, 15) is 50.7 Å². The fourth-order valence-electron chi connectivity index (χ4n) is 6.25. The van der Waals surface area contributed by atoms with Gasteiger partial charge in [-0.1, -0.05) is 6.07 Å². The number of thiophene rings is 1. The van der Waals surface area contributed by atoms with Crippen molar-refractivity contribution in [1.29, 1.82) is 5.26 Å². The SMILES string of the molecule is Cc1cc(F)ccc1-c1sc(N(C)C2CCC(CC(=O)O)CC2)c(C#N)c1N(C)C(=O)C(C)(C)c1cc(C(F)(F)F)cc(C(F)(F)F)c1. The monoisotopic (exact) mass is 697 g/mol. The minimum atomic E-state index is -5.12. The molecule has 3 aromatic rings. The highest BCUT2D eigenvalue weighted by atomic mass is 32.1. The average molecular weight is 698 g/mol. The van der Waals surface area contributed by atoms with Crippen LogP contribution in [0.4, 0.5) is 41.4 Å². The van der Waals surface area contributed by atoms with Crippen LogP contribution >= 0.6 is 11.3 Å². The number of anilines is 2. The molecular weight excluding hydrogens is 663 g/mol. The van der Waals surface area contributed by atoms with Gasteiger partial charge < -0.3 is 14.9 Å². The van der Waals surface area contributed by atoms with Crippen LogP contribution in [0.25, 0.3) is 10.4 Å². The van der Waals surface area contributed by atoms with Crippen LogP contribution in [0, 0.1) is 30.0 Å². The Balaban J connectivity index is 1.84. The maximum atomic E-state index is 14.2. The molecule has 14 heteroatoms. The molecule has 4 rings (SSSR count). The van der Waals surface area contributed by atoms with Gasteiger partial charge in [-0.3, -0.25) is 9.59 Å². The topological polar surface area (TPSA) is 84.6 Å². The number of carboxylic acid groups (broad SMARTS) is 1. The second-order valence-corrected chi connectivity index (χ2v) is 13.7. The fraction of sp³-hybridized carbons (Fsp3) is 0.441. The van der Waals surface area contributed by atoms with Gasteiger partial charge in [0.2, 0.25) is 5.91 Å². The lowest BCUT2D eigenvalue weighted by Crippen LogP contribution is -2.42. The number of likely N-dealkylation sites (N-methyl/N-ethyl adjacent to an activating group) is 1. The van der Waals surface area contributed by atoms with E-state index in [1.807, 2.05) is 4.90 Å². The molecule has 258 valence electrons. The quantitative estimate of drug-likeness (QED) is 0.238. The Hall–Kier alpha value is -4.12. The van der Waals surface area contributed by atoms with E-state index < -0.39 is 52.2 Å². The van der Waals surface area contributed by atoms with E-state index in [1.165, 1.54) is 39.1 Å². The highest BCUT2D eigenvalue weighted by Crippen LogP contribution is 2.50. The summed E-state index contributed by atoms with van der Waals surface area (Å²) in [5, 5.41) is 20.1. The van der Waals surface area contributed by atoms with E-state index in [0.717, 1.165) is 16.2 Å². The zero-order chi connectivity index (χ0) is 35.9. The van der Waals surface area contributed by atoms with Crippen molar-refractivity contribution >= 4 is 33.9 Å². The second-order valence-electron chi connectivity index (χ2n) is 12.7. The molecule has 2 aromatic carbocycles. The molecule has 1 saturated carbocycles. The van der Waals surface area contributed by atoms with Gasteiger partial charge in [-0.25, -0.2) is 4.39 Å². The molecule has 0 bridgehead atoms. The lowest BCUT2D eigenvalue weighted by atomic mass is 9.81. The summed E-state index contributed by atoms with van der Waals surface area (Å²) in [7, 11) is 3.07. The molecule has 1 aromatic heterocycles. The van der Waals surface area contributed by atoms with Crippen molar-refractivity contribution in [3.63, 3.8) is 0 Å². The molecule has 0 aliphatic heterocycles. The highest BCUT2D eigenvalue weighted by Gasteiger charge is 2.42. The van der Waals surface area contributed by atoms with E-state index in [0.29, 0.717) is 58.8 Å². The summed E-state index contributed by atoms with van der Waals surface area (Å²) in [6.07, 6.45) is -7.63. The summed E-state index contributed by atoms with van der Waals surface area (Å²) >= 11 is 1.16. The smallest absolute Gasteiger partial charge is 0.416 e. The Morgan fingerprint density at radius 2 is 1.48 bits per heavy atom. The number of hydrogen-bond donors (Lipinski definition) is 1. The number of carboxylic acids is 1. The third kappa shape index (κ3) is 7.46. The van der Waals surface area contributed by atoms with E-state index in [-0.39, 0.29) is 35.7 Å². The zero-order valence-corrected chi connectivity index (χ0v) is 27.6. The van der Waals surface area contributed by atoms with E-state index in [1.54, 1.807) is 14.0 Å².